The van der Waals surface area contributed by atoms with Gasteiger partial charge >= 0.3 is 6.36 Å². The van der Waals surface area contributed by atoms with E-state index in [9.17, 15) is 13.2 Å². The molecule has 2 aromatic rings. The van der Waals surface area contributed by atoms with Crippen molar-refractivity contribution in [2.45, 2.75) is 12.9 Å². The third-order valence-electron chi connectivity index (χ3n) is 2.62. The SMILES string of the molecule is COc1ccccc1CNc1ccc(OC(F)(F)F)cn1. The van der Waals surface area contributed by atoms with Gasteiger partial charge < -0.3 is 14.8 Å². The Kier molecular flexibility index (Phi) is 4.52. The zero-order valence-electron chi connectivity index (χ0n) is 11.1. The summed E-state index contributed by atoms with van der Waals surface area (Å²) in [6.07, 6.45) is -3.70. The first kappa shape index (κ1) is 15.0. The molecule has 0 saturated heterocycles. The van der Waals surface area contributed by atoms with Gasteiger partial charge in [0.05, 0.1) is 13.3 Å². The molecule has 0 unspecified atom stereocenters. The van der Waals surface area contributed by atoms with Crippen molar-refractivity contribution >= 4 is 5.82 Å². The van der Waals surface area contributed by atoms with Gasteiger partial charge in [0.2, 0.25) is 0 Å². The molecule has 7 heteroatoms. The quantitative estimate of drug-likeness (QED) is 0.916. The van der Waals surface area contributed by atoms with Crippen LogP contribution in [0, 0.1) is 0 Å². The Morgan fingerprint density at radius 1 is 1.14 bits per heavy atom. The maximum atomic E-state index is 12.0. The monoisotopic (exact) mass is 298 g/mol. The van der Waals surface area contributed by atoms with Crippen molar-refractivity contribution < 1.29 is 22.6 Å². The van der Waals surface area contributed by atoms with Gasteiger partial charge in [-0.2, -0.15) is 0 Å². The second-order valence-electron chi connectivity index (χ2n) is 4.09. The second kappa shape index (κ2) is 6.34. The van der Waals surface area contributed by atoms with Crippen LogP contribution in [0.1, 0.15) is 5.56 Å². The average molecular weight is 298 g/mol. The maximum absolute atomic E-state index is 12.0. The van der Waals surface area contributed by atoms with Crippen molar-refractivity contribution in [3.63, 3.8) is 0 Å². The molecule has 1 heterocycles. The molecule has 0 spiro atoms. The van der Waals surface area contributed by atoms with Crippen molar-refractivity contribution in [1.82, 2.24) is 4.98 Å². The summed E-state index contributed by atoms with van der Waals surface area (Å²) >= 11 is 0. The molecule has 0 radical (unpaired) electrons. The molecule has 0 aliphatic heterocycles. The molecule has 112 valence electrons. The van der Waals surface area contributed by atoms with E-state index in [0.717, 1.165) is 17.5 Å². The van der Waals surface area contributed by atoms with Gasteiger partial charge in [-0.05, 0) is 18.2 Å². The predicted molar refractivity (Wildman–Crippen MR) is 71.2 cm³/mol. The first-order valence-electron chi connectivity index (χ1n) is 6.05. The molecule has 2 rings (SSSR count). The fraction of sp³-hybridized carbons (Fsp3) is 0.214. The predicted octanol–water partition coefficient (Wildman–Crippen LogP) is 3.60. The number of halogens is 3. The molecule has 0 fully saturated rings. The molecule has 0 amide bonds. The number of ether oxygens (including phenoxy) is 2. The number of benzene rings is 1. The van der Waals surface area contributed by atoms with Crippen LogP contribution >= 0.6 is 0 Å². The largest absolute Gasteiger partial charge is 0.573 e. The van der Waals surface area contributed by atoms with Crippen LogP contribution in [0.4, 0.5) is 19.0 Å². The minimum Gasteiger partial charge on any atom is -0.496 e. The van der Waals surface area contributed by atoms with Crippen molar-refractivity contribution in [2.24, 2.45) is 0 Å². The third kappa shape index (κ3) is 4.55. The highest BCUT2D eigenvalue weighted by molar-refractivity contribution is 5.41. The van der Waals surface area contributed by atoms with E-state index in [0.29, 0.717) is 12.4 Å². The Morgan fingerprint density at radius 2 is 1.90 bits per heavy atom. The third-order valence-corrected chi connectivity index (χ3v) is 2.62. The van der Waals surface area contributed by atoms with Crippen molar-refractivity contribution in [3.8, 4) is 11.5 Å². The second-order valence-corrected chi connectivity index (χ2v) is 4.09. The number of aromatic nitrogens is 1. The summed E-state index contributed by atoms with van der Waals surface area (Å²) in [5.41, 5.74) is 0.914. The standard InChI is InChI=1S/C14H13F3N2O2/c1-20-12-5-3-2-4-10(12)8-18-13-7-6-11(9-19-13)21-14(15,16)17/h2-7,9H,8H2,1H3,(H,18,19). The highest BCUT2D eigenvalue weighted by Gasteiger charge is 2.31. The Bertz CT molecular complexity index is 586. The molecule has 0 atom stereocenters. The van der Waals surface area contributed by atoms with E-state index in [1.807, 2.05) is 24.3 Å². The summed E-state index contributed by atoms with van der Waals surface area (Å²) in [6.45, 7) is 0.441. The Morgan fingerprint density at radius 3 is 2.52 bits per heavy atom. The van der Waals surface area contributed by atoms with E-state index in [2.05, 4.69) is 15.0 Å². The Hall–Kier alpha value is -2.44. The first-order chi connectivity index (χ1) is 9.98. The molecule has 0 saturated carbocycles. The first-order valence-corrected chi connectivity index (χ1v) is 6.05. The Labute approximate surface area is 119 Å². The average Bonchev–Trinajstić information content (AvgIpc) is 2.45. The van der Waals surface area contributed by atoms with Crippen LogP contribution in [0.5, 0.6) is 11.5 Å². The van der Waals surface area contributed by atoms with Crippen LogP contribution in [0.25, 0.3) is 0 Å². The lowest BCUT2D eigenvalue weighted by molar-refractivity contribution is -0.274. The zero-order chi connectivity index (χ0) is 15.3. The van der Waals surface area contributed by atoms with E-state index in [-0.39, 0.29) is 5.75 Å². The number of hydrogen-bond acceptors (Lipinski definition) is 4. The van der Waals surface area contributed by atoms with Gasteiger partial charge in [0, 0.05) is 12.1 Å². The van der Waals surface area contributed by atoms with Crippen LogP contribution in [-0.2, 0) is 6.54 Å². The molecular weight excluding hydrogens is 285 g/mol. The molecule has 1 N–H and O–H groups in total. The molecule has 0 aliphatic rings. The van der Waals surface area contributed by atoms with Crippen LogP contribution < -0.4 is 14.8 Å². The number of nitrogens with zero attached hydrogens (tertiary/aromatic N) is 1. The number of alkyl halides is 3. The highest BCUT2D eigenvalue weighted by Crippen LogP contribution is 2.23. The van der Waals surface area contributed by atoms with Crippen LogP contribution in [0.2, 0.25) is 0 Å². The van der Waals surface area contributed by atoms with Gasteiger partial charge in [-0.1, -0.05) is 18.2 Å². The van der Waals surface area contributed by atoms with Gasteiger partial charge in [0.15, 0.2) is 0 Å². The lowest BCUT2D eigenvalue weighted by atomic mass is 10.2. The molecular formula is C14H13F3N2O2. The number of nitrogens with one attached hydrogen (secondary N) is 1. The zero-order valence-corrected chi connectivity index (χ0v) is 11.1. The van der Waals surface area contributed by atoms with Crippen molar-refractivity contribution in [1.29, 1.82) is 0 Å². The summed E-state index contributed by atoms with van der Waals surface area (Å²) in [4.78, 5) is 3.86. The van der Waals surface area contributed by atoms with Crippen molar-refractivity contribution in [2.75, 3.05) is 12.4 Å². The number of hydrogen-bond donors (Lipinski definition) is 1. The minimum atomic E-state index is -4.71. The number of para-hydroxylation sites is 1. The van der Waals surface area contributed by atoms with Gasteiger partial charge in [-0.3, -0.25) is 0 Å². The van der Waals surface area contributed by atoms with Crippen LogP contribution in [-0.4, -0.2) is 18.5 Å². The maximum Gasteiger partial charge on any atom is 0.573 e. The molecule has 1 aromatic carbocycles. The number of pyridine rings is 1. The van der Waals surface area contributed by atoms with Gasteiger partial charge in [-0.25, -0.2) is 4.98 Å². The van der Waals surface area contributed by atoms with Gasteiger partial charge in [0.1, 0.15) is 17.3 Å². The minimum absolute atomic E-state index is 0.356. The summed E-state index contributed by atoms with van der Waals surface area (Å²) in [7, 11) is 1.57. The fourth-order valence-corrected chi connectivity index (χ4v) is 1.71. The summed E-state index contributed by atoms with van der Waals surface area (Å²) in [5, 5.41) is 3.00. The Balaban J connectivity index is 1.98. The number of anilines is 1. The topological polar surface area (TPSA) is 43.4 Å². The molecule has 0 bridgehead atoms. The summed E-state index contributed by atoms with van der Waals surface area (Å²) in [6, 6.07) is 10.0. The normalized spacial score (nSPS) is 11.0. The van der Waals surface area contributed by atoms with E-state index < -0.39 is 6.36 Å². The van der Waals surface area contributed by atoms with E-state index in [4.69, 9.17) is 4.74 Å². The van der Waals surface area contributed by atoms with E-state index in [1.165, 1.54) is 12.1 Å². The lowest BCUT2D eigenvalue weighted by Gasteiger charge is -2.11. The number of methoxy groups -OCH3 is 1. The summed E-state index contributed by atoms with van der Waals surface area (Å²) < 4.78 is 45.0. The van der Waals surface area contributed by atoms with Crippen molar-refractivity contribution in [3.05, 3.63) is 48.2 Å². The molecule has 21 heavy (non-hydrogen) atoms. The molecule has 1 aromatic heterocycles. The van der Waals surface area contributed by atoms with Gasteiger partial charge in [0.25, 0.3) is 0 Å². The highest BCUT2D eigenvalue weighted by atomic mass is 19.4. The lowest BCUT2D eigenvalue weighted by Crippen LogP contribution is -2.17. The van der Waals surface area contributed by atoms with Crippen LogP contribution in [0.15, 0.2) is 42.6 Å². The molecule has 4 nitrogen and oxygen atoms in total. The smallest absolute Gasteiger partial charge is 0.496 e. The summed E-state index contributed by atoms with van der Waals surface area (Å²) in [5.74, 6) is 0.808. The molecule has 0 aliphatic carbocycles. The van der Waals surface area contributed by atoms with E-state index in [1.54, 1.807) is 7.11 Å². The van der Waals surface area contributed by atoms with Gasteiger partial charge in [-0.15, -0.1) is 13.2 Å². The number of rotatable bonds is 5. The van der Waals surface area contributed by atoms with Crippen LogP contribution in [0.3, 0.4) is 0 Å². The fourth-order valence-electron chi connectivity index (χ4n) is 1.71. The van der Waals surface area contributed by atoms with E-state index >= 15 is 0 Å².